The smallest absolute Gasteiger partial charge is 0.0931 e. The molecule has 16 heavy (non-hydrogen) atoms. The monoisotopic (exact) mass is 238 g/mol. The maximum absolute atomic E-state index is 4.68. The van der Waals surface area contributed by atoms with Gasteiger partial charge in [-0.05, 0) is 39.7 Å². The van der Waals surface area contributed by atoms with Gasteiger partial charge in [-0.1, -0.05) is 6.92 Å². The third-order valence-electron chi connectivity index (χ3n) is 4.06. The maximum Gasteiger partial charge on any atom is 0.0931 e. The molecule has 2 nitrogen and oxygen atoms in total. The second-order valence-electron chi connectivity index (χ2n) is 5.04. The van der Waals surface area contributed by atoms with Gasteiger partial charge in [0.05, 0.1) is 10.7 Å². The average molecular weight is 238 g/mol. The van der Waals surface area contributed by atoms with Gasteiger partial charge in [-0.2, -0.15) is 0 Å². The second kappa shape index (κ2) is 4.84. The Morgan fingerprint density at radius 3 is 2.75 bits per heavy atom. The fraction of sp³-hybridized carbons (Fsp3) is 0.769. The summed E-state index contributed by atoms with van der Waals surface area (Å²) in [6.45, 7) is 6.85. The van der Waals surface area contributed by atoms with Crippen LogP contribution in [0.4, 0.5) is 0 Å². The predicted molar refractivity (Wildman–Crippen MR) is 70.0 cm³/mol. The summed E-state index contributed by atoms with van der Waals surface area (Å²) in [6, 6.07) is 1.43. The highest BCUT2D eigenvalue weighted by atomic mass is 32.1. The molecule has 1 aliphatic heterocycles. The van der Waals surface area contributed by atoms with E-state index in [9.17, 15) is 0 Å². The molecule has 0 amide bonds. The Balaban J connectivity index is 2.00. The Labute approximate surface area is 103 Å². The third-order valence-corrected chi connectivity index (χ3v) is 4.98. The number of likely N-dealkylation sites (tertiary alicyclic amines) is 1. The molecule has 0 spiro atoms. The second-order valence-corrected chi connectivity index (χ2v) is 5.98. The molecule has 1 fully saturated rings. The van der Waals surface area contributed by atoms with Gasteiger partial charge in [0, 0.05) is 23.9 Å². The van der Waals surface area contributed by atoms with Crippen LogP contribution in [0.15, 0.2) is 5.38 Å². The molecule has 1 aliphatic rings. The molecular weight excluding hydrogens is 216 g/mol. The first kappa shape index (κ1) is 12.1. The number of thiazole rings is 1. The summed E-state index contributed by atoms with van der Waals surface area (Å²) in [6.07, 6.45) is 3.55. The summed E-state index contributed by atoms with van der Waals surface area (Å²) in [5.74, 6) is 0.788. The topological polar surface area (TPSA) is 16.1 Å². The van der Waals surface area contributed by atoms with Crippen molar-refractivity contribution in [2.75, 3.05) is 7.05 Å². The van der Waals surface area contributed by atoms with Crippen molar-refractivity contribution in [2.24, 2.45) is 5.92 Å². The summed E-state index contributed by atoms with van der Waals surface area (Å²) in [5.41, 5.74) is 1.26. The molecule has 0 aliphatic carbocycles. The quantitative estimate of drug-likeness (QED) is 0.805. The van der Waals surface area contributed by atoms with Crippen LogP contribution in [0.1, 0.15) is 37.9 Å². The normalized spacial score (nSPS) is 31.1. The Morgan fingerprint density at radius 2 is 2.25 bits per heavy atom. The molecule has 90 valence electrons. The van der Waals surface area contributed by atoms with Crippen molar-refractivity contribution in [3.8, 4) is 0 Å². The van der Waals surface area contributed by atoms with Gasteiger partial charge in [-0.3, -0.25) is 0 Å². The molecule has 0 saturated carbocycles. The highest BCUT2D eigenvalue weighted by molar-refractivity contribution is 7.09. The number of aromatic nitrogens is 1. The van der Waals surface area contributed by atoms with Crippen molar-refractivity contribution in [1.29, 1.82) is 0 Å². The van der Waals surface area contributed by atoms with Crippen LogP contribution in [0.3, 0.4) is 0 Å². The van der Waals surface area contributed by atoms with E-state index in [1.807, 2.05) is 11.3 Å². The molecule has 0 bridgehead atoms. The number of rotatable bonds is 3. The van der Waals surface area contributed by atoms with Crippen molar-refractivity contribution >= 4 is 11.3 Å². The highest BCUT2D eigenvalue weighted by Crippen LogP contribution is 2.31. The Kier molecular flexibility index (Phi) is 3.65. The first-order valence-corrected chi connectivity index (χ1v) is 7.15. The van der Waals surface area contributed by atoms with E-state index >= 15 is 0 Å². The van der Waals surface area contributed by atoms with E-state index in [1.165, 1.54) is 23.5 Å². The lowest BCUT2D eigenvalue weighted by atomic mass is 9.97. The molecule has 1 saturated heterocycles. The molecule has 2 unspecified atom stereocenters. The van der Waals surface area contributed by atoms with Gasteiger partial charge in [-0.15, -0.1) is 11.3 Å². The molecule has 1 aromatic rings. The molecule has 3 heteroatoms. The lowest BCUT2D eigenvalue weighted by Crippen LogP contribution is -2.30. The molecule has 2 rings (SSSR count). The summed E-state index contributed by atoms with van der Waals surface area (Å²) in [5, 5.41) is 3.54. The molecule has 0 aromatic carbocycles. The fourth-order valence-corrected chi connectivity index (χ4v) is 3.59. The summed E-state index contributed by atoms with van der Waals surface area (Å²) >= 11 is 1.84. The first-order valence-electron chi connectivity index (χ1n) is 6.27. The molecule has 1 aromatic heterocycles. The molecule has 2 heterocycles. The minimum Gasteiger partial charge on any atom is -0.301 e. The van der Waals surface area contributed by atoms with E-state index in [4.69, 9.17) is 0 Å². The van der Waals surface area contributed by atoms with Gasteiger partial charge < -0.3 is 4.90 Å². The Morgan fingerprint density at radius 1 is 1.50 bits per heavy atom. The number of aryl methyl sites for hydroxylation is 1. The zero-order valence-electron chi connectivity index (χ0n) is 10.7. The number of hydrogen-bond donors (Lipinski definition) is 0. The summed E-state index contributed by atoms with van der Waals surface area (Å²) < 4.78 is 0. The summed E-state index contributed by atoms with van der Waals surface area (Å²) in [7, 11) is 2.24. The fourth-order valence-electron chi connectivity index (χ4n) is 2.62. The van der Waals surface area contributed by atoms with E-state index in [2.05, 4.69) is 43.1 Å². The molecular formula is C13H22N2S. The zero-order valence-corrected chi connectivity index (χ0v) is 11.5. The van der Waals surface area contributed by atoms with E-state index in [-0.39, 0.29) is 0 Å². The van der Waals surface area contributed by atoms with Crippen LogP contribution < -0.4 is 0 Å². The van der Waals surface area contributed by atoms with Gasteiger partial charge in [0.1, 0.15) is 0 Å². The largest absolute Gasteiger partial charge is 0.301 e. The van der Waals surface area contributed by atoms with Gasteiger partial charge in [-0.25, -0.2) is 4.98 Å². The molecule has 3 atom stereocenters. The van der Waals surface area contributed by atoms with Crippen molar-refractivity contribution in [1.82, 2.24) is 9.88 Å². The standard InChI is InChI=1S/C13H22N2S/c1-5-12-8-16-13(14-12)7-11-6-9(2)15(4)10(11)3/h8-11H,5-7H2,1-4H3/t9?,10-,11?/m1/s1. The van der Waals surface area contributed by atoms with Crippen molar-refractivity contribution in [2.45, 2.75) is 52.1 Å². The minimum absolute atomic E-state index is 0.698. The van der Waals surface area contributed by atoms with Gasteiger partial charge >= 0.3 is 0 Å². The van der Waals surface area contributed by atoms with E-state index < -0.39 is 0 Å². The number of hydrogen-bond acceptors (Lipinski definition) is 3. The van der Waals surface area contributed by atoms with Crippen LogP contribution in [-0.2, 0) is 12.8 Å². The summed E-state index contributed by atoms with van der Waals surface area (Å²) in [4.78, 5) is 7.18. The lowest BCUT2D eigenvalue weighted by Gasteiger charge is -2.21. The zero-order chi connectivity index (χ0) is 11.7. The van der Waals surface area contributed by atoms with Gasteiger partial charge in [0.2, 0.25) is 0 Å². The Bertz CT molecular complexity index is 347. The molecule has 0 radical (unpaired) electrons. The Hall–Kier alpha value is -0.410. The maximum atomic E-state index is 4.68. The SMILES string of the molecule is CCc1csc(CC2CC(C)N(C)[C@@H]2C)n1. The van der Waals surface area contributed by atoms with Crippen molar-refractivity contribution < 1.29 is 0 Å². The van der Waals surface area contributed by atoms with Gasteiger partial charge in [0.15, 0.2) is 0 Å². The van der Waals surface area contributed by atoms with Crippen LogP contribution >= 0.6 is 11.3 Å². The highest BCUT2D eigenvalue weighted by Gasteiger charge is 2.33. The first-order chi connectivity index (χ1) is 7.61. The lowest BCUT2D eigenvalue weighted by molar-refractivity contribution is 0.249. The van der Waals surface area contributed by atoms with E-state index in [1.54, 1.807) is 0 Å². The van der Waals surface area contributed by atoms with Crippen molar-refractivity contribution in [3.63, 3.8) is 0 Å². The van der Waals surface area contributed by atoms with Crippen LogP contribution in [0.5, 0.6) is 0 Å². The average Bonchev–Trinajstić information content (AvgIpc) is 2.81. The van der Waals surface area contributed by atoms with E-state index in [0.29, 0.717) is 6.04 Å². The predicted octanol–water partition coefficient (Wildman–Crippen LogP) is 2.98. The van der Waals surface area contributed by atoms with Crippen LogP contribution in [0.25, 0.3) is 0 Å². The van der Waals surface area contributed by atoms with Gasteiger partial charge in [0.25, 0.3) is 0 Å². The van der Waals surface area contributed by atoms with Crippen LogP contribution in [-0.4, -0.2) is 29.0 Å². The minimum atomic E-state index is 0.698. The molecule has 0 N–H and O–H groups in total. The third kappa shape index (κ3) is 2.30. The van der Waals surface area contributed by atoms with Crippen molar-refractivity contribution in [3.05, 3.63) is 16.1 Å². The van der Waals surface area contributed by atoms with E-state index in [0.717, 1.165) is 18.4 Å². The van der Waals surface area contributed by atoms with Crippen LogP contribution in [0, 0.1) is 5.92 Å². The number of nitrogens with zero attached hydrogens (tertiary/aromatic N) is 2. The van der Waals surface area contributed by atoms with Crippen LogP contribution in [0.2, 0.25) is 0 Å².